The number of amides is 1. The van der Waals surface area contributed by atoms with Gasteiger partial charge in [0.2, 0.25) is 5.91 Å². The summed E-state index contributed by atoms with van der Waals surface area (Å²) in [5, 5.41) is 2.54. The largest absolute Gasteiger partial charge is 0.433 e. The summed E-state index contributed by atoms with van der Waals surface area (Å²) in [6, 6.07) is 4.70. The van der Waals surface area contributed by atoms with E-state index in [1.807, 2.05) is 0 Å². The van der Waals surface area contributed by atoms with E-state index < -0.39 is 23.6 Å². The zero-order valence-electron chi connectivity index (χ0n) is 15.6. The molecule has 1 aromatic heterocycles. The summed E-state index contributed by atoms with van der Waals surface area (Å²) in [7, 11) is 3.08. The smallest absolute Gasteiger partial charge is 0.395 e. The highest BCUT2D eigenvalue weighted by molar-refractivity contribution is 5.92. The molecule has 152 valence electrons. The van der Waals surface area contributed by atoms with E-state index in [1.165, 1.54) is 23.1 Å². The maximum Gasteiger partial charge on any atom is 0.433 e. The molecule has 2 rings (SSSR count). The Morgan fingerprint density at radius 2 is 2.03 bits per heavy atom. The van der Waals surface area contributed by atoms with Crippen molar-refractivity contribution in [3.63, 3.8) is 0 Å². The number of nitrogens with zero attached hydrogens (tertiary/aromatic N) is 2. The Balaban J connectivity index is 2.13. The minimum Gasteiger partial charge on any atom is -0.395 e. The highest BCUT2D eigenvalue weighted by Crippen LogP contribution is 2.30. The van der Waals surface area contributed by atoms with Crippen molar-refractivity contribution in [1.29, 1.82) is 0 Å². The number of hydrogen-bond donors (Lipinski definition) is 2. The lowest BCUT2D eigenvalue weighted by atomic mass is 10.1. The third-order valence-electron chi connectivity index (χ3n) is 3.85. The van der Waals surface area contributed by atoms with Gasteiger partial charge >= 0.3 is 6.18 Å². The molecule has 2 aromatic rings. The van der Waals surface area contributed by atoms with Crippen molar-refractivity contribution >= 4 is 23.5 Å². The Kier molecular flexibility index (Phi) is 6.49. The second-order valence-electron chi connectivity index (χ2n) is 6.24. The number of benzene rings is 1. The molecule has 0 fully saturated rings. The van der Waals surface area contributed by atoms with Crippen molar-refractivity contribution in [2.75, 3.05) is 24.7 Å². The predicted molar refractivity (Wildman–Crippen MR) is 103 cm³/mol. The molecular formula is C20H18F4N4O. The summed E-state index contributed by atoms with van der Waals surface area (Å²) >= 11 is 0. The summed E-state index contributed by atoms with van der Waals surface area (Å²) in [6.45, 7) is -0.0130. The van der Waals surface area contributed by atoms with Crippen molar-refractivity contribution in [2.24, 2.45) is 0 Å². The van der Waals surface area contributed by atoms with Crippen molar-refractivity contribution in [3.8, 4) is 12.3 Å². The average molecular weight is 406 g/mol. The fourth-order valence-corrected chi connectivity index (χ4v) is 2.41. The van der Waals surface area contributed by atoms with Crippen molar-refractivity contribution in [2.45, 2.75) is 12.7 Å². The normalized spacial score (nSPS) is 11.3. The van der Waals surface area contributed by atoms with Crippen LogP contribution in [0, 0.1) is 18.2 Å². The molecule has 0 saturated heterocycles. The number of hydrogen-bond acceptors (Lipinski definition) is 4. The molecule has 1 heterocycles. The summed E-state index contributed by atoms with van der Waals surface area (Å²) in [4.78, 5) is 17.0. The van der Waals surface area contributed by atoms with Crippen LogP contribution in [0.5, 0.6) is 0 Å². The monoisotopic (exact) mass is 406 g/mol. The van der Waals surface area contributed by atoms with Crippen LogP contribution in [-0.4, -0.2) is 25.0 Å². The fraction of sp³-hybridized carbons (Fsp3) is 0.200. The van der Waals surface area contributed by atoms with Crippen LogP contribution in [0.3, 0.4) is 0 Å². The van der Waals surface area contributed by atoms with Crippen LogP contribution in [0.1, 0.15) is 22.4 Å². The second-order valence-corrected chi connectivity index (χ2v) is 6.24. The number of nitrogens with two attached hydrogens (primary N) is 1. The first-order valence-corrected chi connectivity index (χ1v) is 8.29. The SMILES string of the molecule is C#Cc1cc(CNC(=O)/C=C/c2ccc(C(F)(F)F)nc2N(C)C)cc(F)c1N. The van der Waals surface area contributed by atoms with Gasteiger partial charge in [0.15, 0.2) is 0 Å². The number of halogens is 4. The number of alkyl halides is 3. The molecule has 5 nitrogen and oxygen atoms in total. The van der Waals surface area contributed by atoms with Crippen LogP contribution in [0.15, 0.2) is 30.3 Å². The Morgan fingerprint density at radius 3 is 2.62 bits per heavy atom. The summed E-state index contributed by atoms with van der Waals surface area (Å²) < 4.78 is 52.2. The number of anilines is 2. The van der Waals surface area contributed by atoms with E-state index in [-0.39, 0.29) is 23.6 Å². The maximum absolute atomic E-state index is 13.7. The Morgan fingerprint density at radius 1 is 1.34 bits per heavy atom. The van der Waals surface area contributed by atoms with E-state index in [2.05, 4.69) is 16.2 Å². The number of rotatable bonds is 5. The third kappa shape index (κ3) is 5.48. The number of terminal acetylenes is 1. The van der Waals surface area contributed by atoms with Gasteiger partial charge in [-0.15, -0.1) is 6.42 Å². The van der Waals surface area contributed by atoms with Gasteiger partial charge in [-0.2, -0.15) is 13.2 Å². The predicted octanol–water partition coefficient (Wildman–Crippen LogP) is 3.20. The van der Waals surface area contributed by atoms with Gasteiger partial charge < -0.3 is 16.0 Å². The number of nitrogens with one attached hydrogen (secondary N) is 1. The van der Waals surface area contributed by atoms with Gasteiger partial charge in [0.1, 0.15) is 17.3 Å². The molecule has 0 unspecified atom stereocenters. The molecule has 9 heteroatoms. The fourth-order valence-electron chi connectivity index (χ4n) is 2.41. The first-order valence-electron chi connectivity index (χ1n) is 8.29. The molecule has 0 atom stereocenters. The Labute approximate surface area is 165 Å². The summed E-state index contributed by atoms with van der Waals surface area (Å²) in [5.41, 5.74) is 5.25. The lowest BCUT2D eigenvalue weighted by molar-refractivity contribution is -0.141. The van der Waals surface area contributed by atoms with Crippen molar-refractivity contribution in [3.05, 3.63) is 58.5 Å². The van der Waals surface area contributed by atoms with E-state index in [0.717, 1.165) is 18.2 Å². The maximum atomic E-state index is 13.7. The molecule has 1 aromatic carbocycles. The molecule has 0 aliphatic rings. The van der Waals surface area contributed by atoms with Crippen LogP contribution in [0.25, 0.3) is 6.08 Å². The summed E-state index contributed by atoms with van der Waals surface area (Å²) in [6.07, 6.45) is 3.17. The highest BCUT2D eigenvalue weighted by atomic mass is 19.4. The molecule has 0 aliphatic carbocycles. The zero-order valence-corrected chi connectivity index (χ0v) is 15.6. The average Bonchev–Trinajstić information content (AvgIpc) is 2.66. The quantitative estimate of drug-likeness (QED) is 0.346. The highest BCUT2D eigenvalue weighted by Gasteiger charge is 2.33. The first kappa shape index (κ1) is 21.8. The molecule has 0 radical (unpaired) electrons. The lowest BCUT2D eigenvalue weighted by Gasteiger charge is -2.16. The Bertz CT molecular complexity index is 991. The first-order chi connectivity index (χ1) is 13.5. The van der Waals surface area contributed by atoms with E-state index in [0.29, 0.717) is 11.1 Å². The van der Waals surface area contributed by atoms with Gasteiger partial charge in [0.05, 0.1) is 11.3 Å². The molecule has 0 spiro atoms. The van der Waals surface area contributed by atoms with Crippen LogP contribution >= 0.6 is 0 Å². The van der Waals surface area contributed by atoms with Gasteiger partial charge in [0, 0.05) is 32.3 Å². The minimum atomic E-state index is -4.57. The number of pyridine rings is 1. The zero-order chi connectivity index (χ0) is 21.8. The van der Waals surface area contributed by atoms with Gasteiger partial charge in [-0.25, -0.2) is 9.37 Å². The molecule has 3 N–H and O–H groups in total. The molecular weight excluding hydrogens is 388 g/mol. The topological polar surface area (TPSA) is 71.2 Å². The molecule has 0 saturated carbocycles. The van der Waals surface area contributed by atoms with Crippen LogP contribution in [0.4, 0.5) is 29.1 Å². The standard InChI is InChI=1S/C20H18F4N4O/c1-4-13-9-12(10-15(21)18(13)25)11-26-17(29)8-6-14-5-7-16(20(22,23)24)27-19(14)28(2)3/h1,5-10H,11,25H2,2-3H3,(H,26,29)/b8-6+. The number of carbonyl (C=O) groups is 1. The molecule has 29 heavy (non-hydrogen) atoms. The molecule has 1 amide bonds. The van der Waals surface area contributed by atoms with Crippen molar-refractivity contribution < 1.29 is 22.4 Å². The third-order valence-corrected chi connectivity index (χ3v) is 3.85. The lowest BCUT2D eigenvalue weighted by Crippen LogP contribution is -2.20. The van der Waals surface area contributed by atoms with E-state index in [1.54, 1.807) is 14.1 Å². The number of nitrogen functional groups attached to an aromatic ring is 1. The Hall–Kier alpha value is -3.54. The number of carbonyl (C=O) groups excluding carboxylic acids is 1. The van der Waals surface area contributed by atoms with Gasteiger partial charge in [-0.3, -0.25) is 4.79 Å². The van der Waals surface area contributed by atoms with Crippen molar-refractivity contribution in [1.82, 2.24) is 10.3 Å². The van der Waals surface area contributed by atoms with Gasteiger partial charge in [0.25, 0.3) is 0 Å². The van der Waals surface area contributed by atoms with Crippen LogP contribution in [-0.2, 0) is 17.5 Å². The van der Waals surface area contributed by atoms with Crippen LogP contribution < -0.4 is 16.0 Å². The van der Waals surface area contributed by atoms with E-state index >= 15 is 0 Å². The van der Waals surface area contributed by atoms with Crippen LogP contribution in [0.2, 0.25) is 0 Å². The van der Waals surface area contributed by atoms with Gasteiger partial charge in [-0.05, 0) is 35.9 Å². The van der Waals surface area contributed by atoms with Gasteiger partial charge in [-0.1, -0.05) is 5.92 Å². The second kappa shape index (κ2) is 8.65. The van der Waals surface area contributed by atoms with E-state index in [9.17, 15) is 22.4 Å². The van der Waals surface area contributed by atoms with E-state index in [4.69, 9.17) is 12.2 Å². The summed E-state index contributed by atoms with van der Waals surface area (Å²) in [5.74, 6) is 1.10. The molecule has 0 aliphatic heterocycles. The minimum absolute atomic E-state index is 0.0130. The number of aromatic nitrogens is 1. The molecule has 0 bridgehead atoms.